The number of rotatable bonds is 3. The third-order valence-corrected chi connectivity index (χ3v) is 3.56. The second-order valence-electron chi connectivity index (χ2n) is 5.07. The smallest absolute Gasteiger partial charge is 0.255 e. The molecule has 5 nitrogen and oxygen atoms in total. The molecule has 1 saturated heterocycles. The van der Waals surface area contributed by atoms with Gasteiger partial charge in [0.15, 0.2) is 0 Å². The molecule has 112 valence electrons. The van der Waals surface area contributed by atoms with Crippen LogP contribution in [0.1, 0.15) is 22.5 Å². The number of benzene rings is 1. The topological polar surface area (TPSA) is 59.0 Å². The van der Waals surface area contributed by atoms with Gasteiger partial charge >= 0.3 is 0 Å². The zero-order valence-corrected chi connectivity index (χ0v) is 12.7. The molecule has 1 aliphatic heterocycles. The number of amides is 1. The molecule has 0 aliphatic carbocycles. The second-order valence-corrected chi connectivity index (χ2v) is 5.07. The summed E-state index contributed by atoms with van der Waals surface area (Å²) in [4.78, 5) is 12.3. The molecule has 2 N–H and O–H groups in total. The minimum Gasteiger partial charge on any atom is -0.348 e. The number of nitrogens with zero attached hydrogens (tertiary/aromatic N) is 2. The first-order valence-electron chi connectivity index (χ1n) is 6.87. The minimum absolute atomic E-state index is 0. The normalized spacial score (nSPS) is 17.3. The quantitative estimate of drug-likeness (QED) is 0.907. The van der Waals surface area contributed by atoms with E-state index in [4.69, 9.17) is 0 Å². The van der Waals surface area contributed by atoms with Crippen molar-refractivity contribution < 1.29 is 4.79 Å². The van der Waals surface area contributed by atoms with Crippen molar-refractivity contribution in [2.45, 2.75) is 19.4 Å². The van der Waals surface area contributed by atoms with Crippen LogP contribution in [0.3, 0.4) is 0 Å². The van der Waals surface area contributed by atoms with Crippen LogP contribution in [0.2, 0.25) is 0 Å². The van der Waals surface area contributed by atoms with Gasteiger partial charge in [0.05, 0.1) is 16.9 Å². The summed E-state index contributed by atoms with van der Waals surface area (Å²) in [5, 5.41) is 10.7. The number of nitrogens with one attached hydrogen (secondary N) is 2. The van der Waals surface area contributed by atoms with Crippen molar-refractivity contribution in [2.75, 3.05) is 13.1 Å². The van der Waals surface area contributed by atoms with Crippen LogP contribution in [0.4, 0.5) is 0 Å². The molecule has 6 heteroatoms. The summed E-state index contributed by atoms with van der Waals surface area (Å²) in [7, 11) is 0. The number of aryl methyl sites for hydroxylation is 1. The molecule has 0 bridgehead atoms. The third-order valence-electron chi connectivity index (χ3n) is 3.56. The van der Waals surface area contributed by atoms with Gasteiger partial charge in [-0.3, -0.25) is 4.79 Å². The summed E-state index contributed by atoms with van der Waals surface area (Å²) in [6, 6.07) is 10.0. The van der Waals surface area contributed by atoms with E-state index in [1.807, 2.05) is 37.3 Å². The van der Waals surface area contributed by atoms with Crippen LogP contribution in [0.25, 0.3) is 5.69 Å². The van der Waals surface area contributed by atoms with E-state index in [1.54, 1.807) is 10.9 Å². The van der Waals surface area contributed by atoms with Gasteiger partial charge in [-0.15, -0.1) is 12.4 Å². The SMILES string of the molecule is Cc1nn(-c2ccccc2)cc1C(=O)NC1CCNC1.Cl. The highest BCUT2D eigenvalue weighted by atomic mass is 35.5. The zero-order valence-electron chi connectivity index (χ0n) is 11.9. The summed E-state index contributed by atoms with van der Waals surface area (Å²) >= 11 is 0. The monoisotopic (exact) mass is 306 g/mol. The largest absolute Gasteiger partial charge is 0.348 e. The lowest BCUT2D eigenvalue weighted by atomic mass is 10.2. The Morgan fingerprint density at radius 2 is 2.14 bits per heavy atom. The van der Waals surface area contributed by atoms with Gasteiger partial charge in [0.1, 0.15) is 0 Å². The van der Waals surface area contributed by atoms with Gasteiger partial charge in [-0.05, 0) is 32.0 Å². The molecule has 1 aliphatic rings. The molecule has 0 spiro atoms. The Labute approximate surface area is 130 Å². The average molecular weight is 307 g/mol. The van der Waals surface area contributed by atoms with Crippen LogP contribution in [0.15, 0.2) is 36.5 Å². The number of hydrogen-bond acceptors (Lipinski definition) is 3. The molecule has 1 unspecified atom stereocenters. The fourth-order valence-electron chi connectivity index (χ4n) is 2.44. The molecule has 2 heterocycles. The van der Waals surface area contributed by atoms with Gasteiger partial charge in [-0.25, -0.2) is 4.68 Å². The lowest BCUT2D eigenvalue weighted by Crippen LogP contribution is -2.36. The van der Waals surface area contributed by atoms with Crippen LogP contribution in [0, 0.1) is 6.92 Å². The van der Waals surface area contributed by atoms with Gasteiger partial charge in [0, 0.05) is 18.8 Å². The minimum atomic E-state index is -0.0432. The number of aromatic nitrogens is 2. The predicted octanol–water partition coefficient (Wildman–Crippen LogP) is 1.69. The summed E-state index contributed by atoms with van der Waals surface area (Å²) in [6.07, 6.45) is 2.78. The highest BCUT2D eigenvalue weighted by Crippen LogP contribution is 2.12. The van der Waals surface area contributed by atoms with Crippen LogP contribution in [-0.4, -0.2) is 34.8 Å². The Kier molecular flexibility index (Phi) is 4.98. The summed E-state index contributed by atoms with van der Waals surface area (Å²) in [5.41, 5.74) is 2.34. The second kappa shape index (κ2) is 6.74. The van der Waals surface area contributed by atoms with Crippen LogP contribution in [0.5, 0.6) is 0 Å². The lowest BCUT2D eigenvalue weighted by Gasteiger charge is -2.10. The van der Waals surface area contributed by atoms with Gasteiger partial charge < -0.3 is 10.6 Å². The van der Waals surface area contributed by atoms with E-state index < -0.39 is 0 Å². The number of para-hydroxylation sites is 1. The molecule has 3 rings (SSSR count). The maximum atomic E-state index is 12.3. The molecule has 1 atom stereocenters. The summed E-state index contributed by atoms with van der Waals surface area (Å²) in [6.45, 7) is 3.67. The molecule has 1 fully saturated rings. The fourth-order valence-corrected chi connectivity index (χ4v) is 2.44. The van der Waals surface area contributed by atoms with E-state index in [1.165, 1.54) is 0 Å². The van der Waals surface area contributed by atoms with E-state index in [2.05, 4.69) is 15.7 Å². The first kappa shape index (κ1) is 15.5. The van der Waals surface area contributed by atoms with E-state index in [9.17, 15) is 4.79 Å². The average Bonchev–Trinajstić information content (AvgIpc) is 3.09. The van der Waals surface area contributed by atoms with Crippen LogP contribution in [-0.2, 0) is 0 Å². The molecule has 1 aromatic carbocycles. The molecule has 21 heavy (non-hydrogen) atoms. The maximum absolute atomic E-state index is 12.3. The van der Waals surface area contributed by atoms with Crippen molar-refractivity contribution in [3.63, 3.8) is 0 Å². The lowest BCUT2D eigenvalue weighted by molar-refractivity contribution is 0.0939. The van der Waals surface area contributed by atoms with Crippen molar-refractivity contribution in [1.29, 1.82) is 0 Å². The predicted molar refractivity (Wildman–Crippen MR) is 84.3 cm³/mol. The van der Waals surface area contributed by atoms with Crippen molar-refractivity contribution in [3.8, 4) is 5.69 Å². The highest BCUT2D eigenvalue weighted by molar-refractivity contribution is 5.95. The maximum Gasteiger partial charge on any atom is 0.255 e. The first-order valence-corrected chi connectivity index (χ1v) is 6.87. The number of hydrogen-bond donors (Lipinski definition) is 2. The van der Waals surface area contributed by atoms with E-state index in [0.717, 1.165) is 30.9 Å². The Morgan fingerprint density at radius 1 is 1.38 bits per heavy atom. The van der Waals surface area contributed by atoms with E-state index >= 15 is 0 Å². The zero-order chi connectivity index (χ0) is 13.9. The Balaban J connectivity index is 0.00000161. The third kappa shape index (κ3) is 3.43. The fraction of sp³-hybridized carbons (Fsp3) is 0.333. The van der Waals surface area contributed by atoms with E-state index in [-0.39, 0.29) is 24.4 Å². The molecule has 0 saturated carbocycles. The first-order chi connectivity index (χ1) is 9.74. The van der Waals surface area contributed by atoms with Crippen molar-refractivity contribution in [1.82, 2.24) is 20.4 Å². The molecule has 2 aromatic rings. The number of halogens is 1. The molecule has 1 aromatic heterocycles. The standard InChI is InChI=1S/C15H18N4O.ClH/c1-11-14(15(20)17-12-7-8-16-9-12)10-19(18-11)13-5-3-2-4-6-13;/h2-6,10,12,16H,7-9H2,1H3,(H,17,20);1H. The number of carbonyl (C=O) groups is 1. The van der Waals surface area contributed by atoms with Crippen LogP contribution < -0.4 is 10.6 Å². The number of carbonyl (C=O) groups excluding carboxylic acids is 1. The van der Waals surface area contributed by atoms with Gasteiger partial charge in [0.2, 0.25) is 0 Å². The molecule has 0 radical (unpaired) electrons. The molecule has 1 amide bonds. The van der Waals surface area contributed by atoms with Gasteiger partial charge in [-0.2, -0.15) is 5.10 Å². The Morgan fingerprint density at radius 3 is 2.81 bits per heavy atom. The Hall–Kier alpha value is -1.85. The van der Waals surface area contributed by atoms with Crippen molar-refractivity contribution in [3.05, 3.63) is 47.8 Å². The van der Waals surface area contributed by atoms with Gasteiger partial charge in [0.25, 0.3) is 5.91 Å². The summed E-state index contributed by atoms with van der Waals surface area (Å²) < 4.78 is 1.75. The van der Waals surface area contributed by atoms with Gasteiger partial charge in [-0.1, -0.05) is 18.2 Å². The van der Waals surface area contributed by atoms with E-state index in [0.29, 0.717) is 5.56 Å². The molecular weight excluding hydrogens is 288 g/mol. The van der Waals surface area contributed by atoms with Crippen molar-refractivity contribution in [2.24, 2.45) is 0 Å². The highest BCUT2D eigenvalue weighted by Gasteiger charge is 2.20. The Bertz CT molecular complexity index is 605. The molecular formula is C15H19ClN4O. The van der Waals surface area contributed by atoms with Crippen LogP contribution >= 0.6 is 12.4 Å². The summed E-state index contributed by atoms with van der Waals surface area (Å²) in [5.74, 6) is -0.0432. The van der Waals surface area contributed by atoms with Crippen molar-refractivity contribution >= 4 is 18.3 Å².